The van der Waals surface area contributed by atoms with Crippen LogP contribution in [0.25, 0.3) is 0 Å². The lowest BCUT2D eigenvalue weighted by Gasteiger charge is -2.17. The van der Waals surface area contributed by atoms with Crippen LogP contribution in [0.4, 0.5) is 0 Å². The smallest absolute Gasteiger partial charge is 0.333 e. The van der Waals surface area contributed by atoms with Crippen molar-refractivity contribution in [2.24, 2.45) is 5.92 Å². The van der Waals surface area contributed by atoms with E-state index < -0.39 is 5.97 Å². The van der Waals surface area contributed by atoms with E-state index in [0.29, 0.717) is 17.5 Å². The molecule has 0 unspecified atom stereocenters. The average molecular weight is 362 g/mol. The Balaban J connectivity index is 1.91. The molecule has 1 aromatic carbocycles. The van der Waals surface area contributed by atoms with Gasteiger partial charge in [0, 0.05) is 6.54 Å². The van der Waals surface area contributed by atoms with Crippen molar-refractivity contribution in [2.75, 3.05) is 18.8 Å². The zero-order valence-electron chi connectivity index (χ0n) is 14.4. The monoisotopic (exact) mass is 362 g/mol. The summed E-state index contributed by atoms with van der Waals surface area (Å²) in [6, 6.07) is 9.34. The molecule has 1 aliphatic rings. The number of carbonyl (C=O) groups is 3. The standard InChI is InChI=1S/C18H22N2O4S/c1-13(2)9-19-15(21)10-20-16(22)12-25-17(20)8-18(23)24-11-14-6-4-3-5-7-14/h3-8,13H,9-12H2,1-2H3,(H,19,21). The van der Waals surface area contributed by atoms with Crippen LogP contribution in [0.3, 0.4) is 0 Å². The molecule has 0 saturated carbocycles. The van der Waals surface area contributed by atoms with Gasteiger partial charge < -0.3 is 10.1 Å². The van der Waals surface area contributed by atoms with Gasteiger partial charge in [0.2, 0.25) is 11.8 Å². The zero-order valence-corrected chi connectivity index (χ0v) is 15.2. The largest absolute Gasteiger partial charge is 0.458 e. The molecular formula is C18H22N2O4S. The highest BCUT2D eigenvalue weighted by atomic mass is 32.2. The lowest BCUT2D eigenvalue weighted by atomic mass is 10.2. The molecule has 1 N–H and O–H groups in total. The van der Waals surface area contributed by atoms with Crippen LogP contribution in [-0.4, -0.2) is 41.5 Å². The Morgan fingerprint density at radius 1 is 1.32 bits per heavy atom. The van der Waals surface area contributed by atoms with Crippen LogP contribution in [0.15, 0.2) is 41.4 Å². The van der Waals surface area contributed by atoms with Crippen LogP contribution in [0, 0.1) is 5.92 Å². The third kappa shape index (κ3) is 6.26. The van der Waals surface area contributed by atoms with E-state index in [1.54, 1.807) is 0 Å². The Hall–Kier alpha value is -2.28. The minimum Gasteiger partial charge on any atom is -0.458 e. The second-order valence-electron chi connectivity index (χ2n) is 6.04. The number of nitrogens with zero attached hydrogens (tertiary/aromatic N) is 1. The highest BCUT2D eigenvalue weighted by molar-refractivity contribution is 8.04. The van der Waals surface area contributed by atoms with Crippen molar-refractivity contribution in [1.29, 1.82) is 0 Å². The average Bonchev–Trinajstić information content (AvgIpc) is 2.92. The predicted molar refractivity (Wildman–Crippen MR) is 96.3 cm³/mol. The Labute approximate surface area is 151 Å². The predicted octanol–water partition coefficient (Wildman–Crippen LogP) is 1.92. The minimum atomic E-state index is -0.534. The van der Waals surface area contributed by atoms with Gasteiger partial charge in [0.25, 0.3) is 0 Å². The van der Waals surface area contributed by atoms with Gasteiger partial charge in [-0.25, -0.2) is 4.79 Å². The van der Waals surface area contributed by atoms with E-state index in [2.05, 4.69) is 5.32 Å². The first-order chi connectivity index (χ1) is 12.0. The number of carbonyl (C=O) groups excluding carboxylic acids is 3. The maximum Gasteiger partial charge on any atom is 0.333 e. The third-order valence-corrected chi connectivity index (χ3v) is 4.41. The quantitative estimate of drug-likeness (QED) is 0.592. The second kappa shape index (κ2) is 9.27. The van der Waals surface area contributed by atoms with Crippen LogP contribution >= 0.6 is 11.8 Å². The summed E-state index contributed by atoms with van der Waals surface area (Å²) >= 11 is 1.23. The normalized spacial score (nSPS) is 15.7. The summed E-state index contributed by atoms with van der Waals surface area (Å²) in [5.74, 6) is -0.418. The fourth-order valence-electron chi connectivity index (χ4n) is 2.09. The number of esters is 1. The lowest BCUT2D eigenvalue weighted by Crippen LogP contribution is -2.38. The van der Waals surface area contributed by atoms with E-state index in [1.807, 2.05) is 44.2 Å². The molecule has 0 atom stereocenters. The maximum absolute atomic E-state index is 12.0. The molecule has 6 nitrogen and oxygen atoms in total. The van der Waals surface area contributed by atoms with Gasteiger partial charge in [0.1, 0.15) is 13.2 Å². The van der Waals surface area contributed by atoms with Crippen molar-refractivity contribution < 1.29 is 19.1 Å². The number of benzene rings is 1. The molecule has 134 valence electrons. The van der Waals surface area contributed by atoms with Gasteiger partial charge in [0.15, 0.2) is 0 Å². The van der Waals surface area contributed by atoms with Crippen molar-refractivity contribution in [3.8, 4) is 0 Å². The molecule has 0 radical (unpaired) electrons. The first kappa shape index (κ1) is 19.1. The third-order valence-electron chi connectivity index (χ3n) is 3.39. The summed E-state index contributed by atoms with van der Waals surface area (Å²) in [5.41, 5.74) is 0.884. The van der Waals surface area contributed by atoms with Gasteiger partial charge in [-0.15, -0.1) is 0 Å². The zero-order chi connectivity index (χ0) is 18.2. The van der Waals surface area contributed by atoms with E-state index in [9.17, 15) is 14.4 Å². The second-order valence-corrected chi connectivity index (χ2v) is 7.04. The SMILES string of the molecule is CC(C)CNC(=O)CN1C(=O)CSC1=CC(=O)OCc1ccccc1. The van der Waals surface area contributed by atoms with E-state index in [4.69, 9.17) is 4.74 Å². The van der Waals surface area contributed by atoms with Crippen LogP contribution < -0.4 is 5.32 Å². The Kier molecular flexibility index (Phi) is 7.06. The molecule has 1 aliphatic heterocycles. The Bertz CT molecular complexity index is 658. The molecule has 0 bridgehead atoms. The topological polar surface area (TPSA) is 75.7 Å². The Morgan fingerprint density at radius 3 is 2.72 bits per heavy atom. The summed E-state index contributed by atoms with van der Waals surface area (Å²) in [7, 11) is 0. The van der Waals surface area contributed by atoms with Crippen molar-refractivity contribution in [3.63, 3.8) is 0 Å². The molecule has 1 saturated heterocycles. The number of hydrogen-bond donors (Lipinski definition) is 1. The first-order valence-electron chi connectivity index (χ1n) is 8.08. The van der Waals surface area contributed by atoms with E-state index in [1.165, 1.54) is 22.7 Å². The van der Waals surface area contributed by atoms with Gasteiger partial charge in [-0.2, -0.15) is 0 Å². The molecular weight excluding hydrogens is 340 g/mol. The fraction of sp³-hybridized carbons (Fsp3) is 0.389. The summed E-state index contributed by atoms with van der Waals surface area (Å²) in [6.07, 6.45) is 1.27. The van der Waals surface area contributed by atoms with Crippen molar-refractivity contribution in [3.05, 3.63) is 47.0 Å². The highest BCUT2D eigenvalue weighted by Crippen LogP contribution is 2.28. The molecule has 0 aromatic heterocycles. The summed E-state index contributed by atoms with van der Waals surface area (Å²) in [5, 5.41) is 3.21. The van der Waals surface area contributed by atoms with Gasteiger partial charge in [-0.1, -0.05) is 55.9 Å². The highest BCUT2D eigenvalue weighted by Gasteiger charge is 2.29. The molecule has 25 heavy (non-hydrogen) atoms. The minimum absolute atomic E-state index is 0.0870. The van der Waals surface area contributed by atoms with Crippen LogP contribution in [0.5, 0.6) is 0 Å². The van der Waals surface area contributed by atoms with Crippen molar-refractivity contribution >= 4 is 29.5 Å². The lowest BCUT2D eigenvalue weighted by molar-refractivity contribution is -0.139. The van der Waals surface area contributed by atoms with Crippen LogP contribution in [0.2, 0.25) is 0 Å². The number of hydrogen-bond acceptors (Lipinski definition) is 5. The molecule has 1 heterocycles. The Morgan fingerprint density at radius 2 is 2.04 bits per heavy atom. The number of nitrogens with one attached hydrogen (secondary N) is 1. The van der Waals surface area contributed by atoms with Crippen LogP contribution in [0.1, 0.15) is 19.4 Å². The first-order valence-corrected chi connectivity index (χ1v) is 9.06. The van der Waals surface area contributed by atoms with E-state index in [-0.39, 0.29) is 30.7 Å². The van der Waals surface area contributed by atoms with Gasteiger partial charge >= 0.3 is 5.97 Å². The molecule has 0 aliphatic carbocycles. The molecule has 0 spiro atoms. The molecule has 7 heteroatoms. The molecule has 2 amide bonds. The number of rotatable bonds is 7. The van der Waals surface area contributed by atoms with Gasteiger partial charge in [-0.05, 0) is 11.5 Å². The molecule has 1 fully saturated rings. The van der Waals surface area contributed by atoms with Crippen molar-refractivity contribution in [2.45, 2.75) is 20.5 Å². The van der Waals surface area contributed by atoms with Crippen LogP contribution in [-0.2, 0) is 25.7 Å². The number of amides is 2. The summed E-state index contributed by atoms with van der Waals surface area (Å²) in [6.45, 7) is 4.61. The molecule has 2 rings (SSSR count). The van der Waals surface area contributed by atoms with E-state index >= 15 is 0 Å². The summed E-state index contributed by atoms with van der Waals surface area (Å²) in [4.78, 5) is 37.2. The number of thioether (sulfide) groups is 1. The van der Waals surface area contributed by atoms with Crippen molar-refractivity contribution in [1.82, 2.24) is 10.2 Å². The van der Waals surface area contributed by atoms with Gasteiger partial charge in [-0.3, -0.25) is 14.5 Å². The maximum atomic E-state index is 12.0. The number of ether oxygens (including phenoxy) is 1. The summed E-state index contributed by atoms with van der Waals surface area (Å²) < 4.78 is 5.19. The van der Waals surface area contributed by atoms with E-state index in [0.717, 1.165) is 5.56 Å². The van der Waals surface area contributed by atoms with Gasteiger partial charge in [0.05, 0.1) is 16.9 Å². The fourth-order valence-corrected chi connectivity index (χ4v) is 3.02. The molecule has 1 aromatic rings.